The summed E-state index contributed by atoms with van der Waals surface area (Å²) in [6, 6.07) is 4.66. The zero-order valence-corrected chi connectivity index (χ0v) is 14.1. The molecular formula is C16H19N3O4S. The van der Waals surface area contributed by atoms with Gasteiger partial charge in [-0.2, -0.15) is 0 Å². The van der Waals surface area contributed by atoms with Crippen molar-refractivity contribution in [2.24, 2.45) is 7.05 Å². The fourth-order valence-corrected chi connectivity index (χ4v) is 4.53. The van der Waals surface area contributed by atoms with Crippen molar-refractivity contribution < 1.29 is 17.9 Å². The second-order valence-corrected chi connectivity index (χ2v) is 7.79. The normalized spacial score (nSPS) is 23.2. The molecule has 1 fully saturated rings. The lowest BCUT2D eigenvalue weighted by Crippen LogP contribution is -2.37. The van der Waals surface area contributed by atoms with Gasteiger partial charge >= 0.3 is 0 Å². The first-order valence-corrected chi connectivity index (χ1v) is 9.40. The van der Waals surface area contributed by atoms with Crippen LogP contribution in [0.3, 0.4) is 0 Å². The number of nitrogens with zero attached hydrogens (tertiary/aromatic N) is 2. The molecule has 1 saturated heterocycles. The van der Waals surface area contributed by atoms with Gasteiger partial charge in [0.1, 0.15) is 17.7 Å². The monoisotopic (exact) mass is 349 g/mol. The van der Waals surface area contributed by atoms with E-state index >= 15 is 0 Å². The van der Waals surface area contributed by atoms with Crippen LogP contribution in [0, 0.1) is 0 Å². The summed E-state index contributed by atoms with van der Waals surface area (Å²) in [7, 11) is -1.75. The number of hydrogen-bond acceptors (Lipinski definition) is 5. The molecule has 8 heteroatoms. The minimum atomic E-state index is -3.62. The maximum atomic E-state index is 12.8. The maximum Gasteiger partial charge on any atom is 0.240 e. The third-order valence-electron chi connectivity index (χ3n) is 4.48. The standard InChI is InChI=1S/C16H19N3O4S/c1-19-7-6-17-16(19)15-13(5-9-23-15)18-24(20,21)12-2-3-14-11(10-12)4-8-22-14/h2-3,6-7,10,13,15,18H,4-5,8-9H2,1H3/t13-,15-/m0/s1. The number of benzene rings is 1. The van der Waals surface area contributed by atoms with Crippen molar-refractivity contribution in [1.82, 2.24) is 14.3 Å². The summed E-state index contributed by atoms with van der Waals surface area (Å²) in [4.78, 5) is 4.55. The van der Waals surface area contributed by atoms with Gasteiger partial charge in [0.05, 0.1) is 17.5 Å². The molecule has 1 aromatic heterocycles. The van der Waals surface area contributed by atoms with Crippen LogP contribution in [0.4, 0.5) is 0 Å². The fourth-order valence-electron chi connectivity index (χ4n) is 3.21. The number of sulfonamides is 1. The number of aromatic nitrogens is 2. The molecule has 128 valence electrons. The van der Waals surface area contributed by atoms with Crippen molar-refractivity contribution in [2.45, 2.75) is 29.9 Å². The van der Waals surface area contributed by atoms with Gasteiger partial charge in [-0.15, -0.1) is 0 Å². The van der Waals surface area contributed by atoms with Crippen LogP contribution in [-0.4, -0.2) is 37.2 Å². The maximum absolute atomic E-state index is 12.8. The van der Waals surface area contributed by atoms with Gasteiger partial charge in [0, 0.05) is 32.5 Å². The van der Waals surface area contributed by atoms with E-state index in [1.54, 1.807) is 24.4 Å². The van der Waals surface area contributed by atoms with E-state index in [4.69, 9.17) is 9.47 Å². The fraction of sp³-hybridized carbons (Fsp3) is 0.438. The van der Waals surface area contributed by atoms with E-state index < -0.39 is 10.0 Å². The molecule has 0 aliphatic carbocycles. The van der Waals surface area contributed by atoms with Crippen LogP contribution in [-0.2, 0) is 28.2 Å². The molecule has 2 atom stereocenters. The number of fused-ring (bicyclic) bond motifs is 1. The van der Waals surface area contributed by atoms with Gasteiger partial charge in [-0.1, -0.05) is 0 Å². The zero-order chi connectivity index (χ0) is 16.7. The van der Waals surface area contributed by atoms with Gasteiger partial charge < -0.3 is 14.0 Å². The Bertz CT molecular complexity index is 862. The molecule has 1 N–H and O–H groups in total. The van der Waals surface area contributed by atoms with E-state index in [2.05, 4.69) is 9.71 Å². The molecule has 4 rings (SSSR count). The second-order valence-electron chi connectivity index (χ2n) is 6.07. The largest absolute Gasteiger partial charge is 0.493 e. The van der Waals surface area contributed by atoms with E-state index in [0.717, 1.165) is 23.6 Å². The number of nitrogens with one attached hydrogen (secondary N) is 1. The molecule has 0 unspecified atom stereocenters. The van der Waals surface area contributed by atoms with Gasteiger partial charge in [0.15, 0.2) is 0 Å². The Labute approximate surface area is 140 Å². The first-order valence-electron chi connectivity index (χ1n) is 7.91. The molecule has 2 aliphatic rings. The average Bonchev–Trinajstić information content (AvgIpc) is 3.26. The van der Waals surface area contributed by atoms with Crippen LogP contribution >= 0.6 is 0 Å². The SMILES string of the molecule is Cn1ccnc1[C@H]1OCC[C@@H]1NS(=O)(=O)c1ccc2c(c1)CCO2. The highest BCUT2D eigenvalue weighted by atomic mass is 32.2. The van der Waals surface area contributed by atoms with Crippen LogP contribution in [0.25, 0.3) is 0 Å². The van der Waals surface area contributed by atoms with E-state index in [1.165, 1.54) is 0 Å². The number of imidazole rings is 1. The molecule has 3 heterocycles. The van der Waals surface area contributed by atoms with E-state index in [-0.39, 0.29) is 17.0 Å². The highest BCUT2D eigenvalue weighted by Crippen LogP contribution is 2.31. The summed E-state index contributed by atoms with van der Waals surface area (Å²) < 4.78 is 41.3. The minimum Gasteiger partial charge on any atom is -0.493 e. The van der Waals surface area contributed by atoms with Crippen LogP contribution in [0.1, 0.15) is 23.9 Å². The van der Waals surface area contributed by atoms with Crippen LogP contribution < -0.4 is 9.46 Å². The molecule has 7 nitrogen and oxygen atoms in total. The lowest BCUT2D eigenvalue weighted by atomic mass is 10.1. The summed E-state index contributed by atoms with van der Waals surface area (Å²) in [6.07, 6.45) is 4.48. The van der Waals surface area contributed by atoms with Crippen LogP contribution in [0.5, 0.6) is 5.75 Å². The molecule has 0 spiro atoms. The zero-order valence-electron chi connectivity index (χ0n) is 13.3. The Hall–Kier alpha value is -1.90. The van der Waals surface area contributed by atoms with E-state index in [0.29, 0.717) is 19.6 Å². The topological polar surface area (TPSA) is 82.5 Å². The summed E-state index contributed by atoms with van der Waals surface area (Å²) in [5.41, 5.74) is 0.932. The lowest BCUT2D eigenvalue weighted by Gasteiger charge is -2.19. The quantitative estimate of drug-likeness (QED) is 0.896. The predicted octanol–water partition coefficient (Wildman–Crippen LogP) is 1.16. The Morgan fingerprint density at radius 1 is 1.33 bits per heavy atom. The highest BCUT2D eigenvalue weighted by Gasteiger charge is 2.35. The Morgan fingerprint density at radius 2 is 2.21 bits per heavy atom. The Kier molecular flexibility index (Phi) is 3.82. The summed E-state index contributed by atoms with van der Waals surface area (Å²) in [5, 5.41) is 0. The molecular weight excluding hydrogens is 330 g/mol. The number of rotatable bonds is 4. The highest BCUT2D eigenvalue weighted by molar-refractivity contribution is 7.89. The molecule has 1 aromatic carbocycles. The predicted molar refractivity (Wildman–Crippen MR) is 86.3 cm³/mol. The van der Waals surface area contributed by atoms with Crippen molar-refractivity contribution in [3.63, 3.8) is 0 Å². The van der Waals surface area contributed by atoms with E-state index in [1.807, 2.05) is 17.8 Å². The third kappa shape index (κ3) is 2.70. The van der Waals surface area contributed by atoms with Gasteiger partial charge in [-0.3, -0.25) is 0 Å². The first-order chi connectivity index (χ1) is 11.5. The number of aryl methyl sites for hydroxylation is 1. The van der Waals surface area contributed by atoms with Crippen molar-refractivity contribution in [1.29, 1.82) is 0 Å². The van der Waals surface area contributed by atoms with E-state index in [9.17, 15) is 8.42 Å². The van der Waals surface area contributed by atoms with Crippen molar-refractivity contribution in [3.8, 4) is 5.75 Å². The summed E-state index contributed by atoms with van der Waals surface area (Å²) >= 11 is 0. The van der Waals surface area contributed by atoms with Crippen molar-refractivity contribution in [3.05, 3.63) is 42.0 Å². The van der Waals surface area contributed by atoms with Crippen LogP contribution in [0.15, 0.2) is 35.5 Å². The molecule has 0 radical (unpaired) electrons. The smallest absolute Gasteiger partial charge is 0.240 e. The van der Waals surface area contributed by atoms with Crippen molar-refractivity contribution >= 4 is 10.0 Å². The molecule has 2 aromatic rings. The Balaban J connectivity index is 1.58. The first kappa shape index (κ1) is 15.6. The molecule has 0 bridgehead atoms. The van der Waals surface area contributed by atoms with Gasteiger partial charge in [-0.25, -0.2) is 18.1 Å². The molecule has 0 amide bonds. The molecule has 2 aliphatic heterocycles. The second kappa shape index (κ2) is 5.87. The van der Waals surface area contributed by atoms with Gasteiger partial charge in [-0.05, 0) is 30.2 Å². The lowest BCUT2D eigenvalue weighted by molar-refractivity contribution is 0.0933. The molecule has 24 heavy (non-hydrogen) atoms. The molecule has 0 saturated carbocycles. The Morgan fingerprint density at radius 3 is 3.00 bits per heavy atom. The minimum absolute atomic E-state index is 0.261. The van der Waals surface area contributed by atoms with Crippen molar-refractivity contribution in [2.75, 3.05) is 13.2 Å². The van der Waals surface area contributed by atoms with Crippen LogP contribution in [0.2, 0.25) is 0 Å². The average molecular weight is 349 g/mol. The third-order valence-corrected chi connectivity index (χ3v) is 5.97. The van der Waals surface area contributed by atoms with Gasteiger partial charge in [0.25, 0.3) is 0 Å². The van der Waals surface area contributed by atoms with Gasteiger partial charge in [0.2, 0.25) is 10.0 Å². The number of ether oxygens (including phenoxy) is 2. The summed E-state index contributed by atoms with van der Waals surface area (Å²) in [5.74, 6) is 1.49. The number of hydrogen-bond donors (Lipinski definition) is 1. The summed E-state index contributed by atoms with van der Waals surface area (Å²) in [6.45, 7) is 1.10.